The number of anilines is 1. The first kappa shape index (κ1) is 22.3. The van der Waals surface area contributed by atoms with E-state index in [9.17, 15) is 28.2 Å². The number of nitrogens with zero attached hydrogens (tertiary/aromatic N) is 4. The summed E-state index contributed by atoms with van der Waals surface area (Å²) in [5, 5.41) is 20.0. The van der Waals surface area contributed by atoms with Crippen LogP contribution < -0.4 is 10.4 Å². The quantitative estimate of drug-likeness (QED) is 0.289. The Morgan fingerprint density at radius 3 is 2.32 bits per heavy atom. The summed E-state index contributed by atoms with van der Waals surface area (Å²) in [4.78, 5) is 35.5. The van der Waals surface area contributed by atoms with Crippen LogP contribution in [0.3, 0.4) is 0 Å². The fourth-order valence-electron chi connectivity index (χ4n) is 3.31. The molecule has 0 atom stereocenters. The molecule has 0 radical (unpaired) electrons. The molecule has 1 aliphatic heterocycles. The average molecular weight is 450 g/mol. The maximum atomic E-state index is 12.9. The second-order valence-electron chi connectivity index (χ2n) is 6.79. The monoisotopic (exact) mass is 450 g/mol. The lowest BCUT2D eigenvalue weighted by Crippen LogP contribution is -2.49. The lowest BCUT2D eigenvalue weighted by molar-refractivity contribution is -0.428. The topological polar surface area (TPSA) is 153 Å². The second kappa shape index (κ2) is 8.75. The van der Waals surface area contributed by atoms with Crippen LogP contribution in [-0.4, -0.2) is 66.7 Å². The van der Waals surface area contributed by atoms with Gasteiger partial charge in [0.1, 0.15) is 0 Å². The van der Waals surface area contributed by atoms with E-state index in [-0.39, 0.29) is 48.0 Å². The van der Waals surface area contributed by atoms with Crippen molar-refractivity contribution in [3.8, 4) is 0 Å². The van der Waals surface area contributed by atoms with E-state index in [4.69, 9.17) is 5.21 Å². The second-order valence-corrected chi connectivity index (χ2v) is 8.72. The number of benzene rings is 2. The smallest absolute Gasteiger partial charge is 0.276 e. The van der Waals surface area contributed by atoms with Gasteiger partial charge in [0.05, 0.1) is 21.1 Å². The van der Waals surface area contributed by atoms with E-state index in [1.165, 1.54) is 41.7 Å². The molecule has 0 aliphatic carbocycles. The first-order valence-corrected chi connectivity index (χ1v) is 10.6. The van der Waals surface area contributed by atoms with Gasteiger partial charge in [-0.2, -0.15) is 4.31 Å². The molecule has 0 saturated carbocycles. The van der Waals surface area contributed by atoms with Crippen molar-refractivity contribution in [3.05, 3.63) is 63.0 Å². The Bertz CT molecular complexity index is 1140. The molecule has 0 aromatic heterocycles. The third kappa shape index (κ3) is 4.52. The van der Waals surface area contributed by atoms with Gasteiger partial charge in [0.25, 0.3) is 17.3 Å². The van der Waals surface area contributed by atoms with Crippen molar-refractivity contribution in [1.29, 1.82) is 0 Å². The van der Waals surface area contributed by atoms with E-state index in [0.717, 1.165) is 6.07 Å². The van der Waals surface area contributed by atoms with Crippen LogP contribution in [0.15, 0.2) is 47.4 Å². The van der Waals surface area contributed by atoms with E-state index in [1.807, 2.05) is 0 Å². The summed E-state index contributed by atoms with van der Waals surface area (Å²) in [5.41, 5.74) is 1.95. The predicted octanol–water partition coefficient (Wildman–Crippen LogP) is 1.26. The Kier molecular flexibility index (Phi) is 6.29. The number of carbonyl (C=O) groups excluding carboxylic acids is 1. The van der Waals surface area contributed by atoms with Gasteiger partial charge in [-0.25, -0.2) is 13.9 Å². The highest BCUT2D eigenvalue weighted by molar-refractivity contribution is 7.89. The van der Waals surface area contributed by atoms with Gasteiger partial charge in [-0.15, -0.1) is 0 Å². The van der Waals surface area contributed by atoms with E-state index in [0.29, 0.717) is 10.4 Å². The zero-order chi connectivity index (χ0) is 22.8. The van der Waals surface area contributed by atoms with Crippen LogP contribution in [0.1, 0.15) is 10.4 Å². The van der Waals surface area contributed by atoms with Gasteiger partial charge in [0.15, 0.2) is 7.05 Å². The molecule has 0 bridgehead atoms. The number of nitrogens with one attached hydrogen (secondary N) is 1. The number of amides is 1. The molecule has 3 rings (SSSR count). The number of carbonyl (C=O) groups is 1. The zero-order valence-electron chi connectivity index (χ0n) is 16.5. The maximum Gasteiger partial charge on any atom is 0.276 e. The molecule has 12 nitrogen and oxygen atoms in total. The summed E-state index contributed by atoms with van der Waals surface area (Å²) in [5.74, 6) is -0.801. The molecule has 13 heteroatoms. The highest BCUT2D eigenvalue weighted by Crippen LogP contribution is 2.28. The zero-order valence-corrected chi connectivity index (χ0v) is 17.3. The molecule has 1 amide bonds. The van der Waals surface area contributed by atoms with Crippen LogP contribution in [0.5, 0.6) is 0 Å². The SMILES string of the molecule is C[N+](=O)c1ccc(N2CCN(S(=O)(=O)c3cccc([N+](=O)[O-])c3)CC2)c(C(=O)NO)c1. The average Bonchev–Trinajstić information content (AvgIpc) is 2.78. The fourth-order valence-corrected chi connectivity index (χ4v) is 4.78. The molecule has 0 unspecified atom stereocenters. The lowest BCUT2D eigenvalue weighted by Gasteiger charge is -2.36. The van der Waals surface area contributed by atoms with E-state index in [1.54, 1.807) is 16.4 Å². The van der Waals surface area contributed by atoms with Gasteiger partial charge in [-0.05, 0) is 12.1 Å². The molecule has 31 heavy (non-hydrogen) atoms. The van der Waals surface area contributed by atoms with Crippen LogP contribution >= 0.6 is 0 Å². The summed E-state index contributed by atoms with van der Waals surface area (Å²) in [6.07, 6.45) is 0. The fraction of sp³-hybridized carbons (Fsp3) is 0.278. The van der Waals surface area contributed by atoms with Crippen LogP contribution in [0.25, 0.3) is 0 Å². The molecular formula is C18H20N5O7S+. The van der Waals surface area contributed by atoms with Gasteiger partial charge in [0, 0.05) is 60.1 Å². The van der Waals surface area contributed by atoms with Gasteiger partial charge < -0.3 is 4.90 Å². The van der Waals surface area contributed by atoms with Crippen molar-refractivity contribution < 1.29 is 28.1 Å². The Balaban J connectivity index is 1.82. The normalized spacial score (nSPS) is 14.8. The predicted molar refractivity (Wildman–Crippen MR) is 109 cm³/mol. The number of hydrogen-bond donors (Lipinski definition) is 2. The van der Waals surface area contributed by atoms with Crippen molar-refractivity contribution in [3.63, 3.8) is 0 Å². The summed E-state index contributed by atoms with van der Waals surface area (Å²) >= 11 is 0. The Labute approximate surface area is 177 Å². The number of hydroxylamine groups is 1. The van der Waals surface area contributed by atoms with Gasteiger partial charge in [-0.1, -0.05) is 6.07 Å². The van der Waals surface area contributed by atoms with Crippen LogP contribution in [0.2, 0.25) is 0 Å². The van der Waals surface area contributed by atoms with Crippen LogP contribution in [0.4, 0.5) is 17.1 Å². The number of piperazine rings is 1. The largest absolute Gasteiger partial charge is 0.368 e. The summed E-state index contributed by atoms with van der Waals surface area (Å²) in [6, 6.07) is 9.26. The molecular weight excluding hydrogens is 430 g/mol. The number of nitro groups is 1. The van der Waals surface area contributed by atoms with Gasteiger partial charge in [0.2, 0.25) is 10.0 Å². The third-order valence-corrected chi connectivity index (χ3v) is 6.83. The van der Waals surface area contributed by atoms with Crippen LogP contribution in [0, 0.1) is 15.0 Å². The number of rotatable bonds is 6. The van der Waals surface area contributed by atoms with E-state index >= 15 is 0 Å². The Morgan fingerprint density at radius 2 is 1.74 bits per heavy atom. The molecule has 2 aromatic carbocycles. The minimum Gasteiger partial charge on any atom is -0.368 e. The van der Waals surface area contributed by atoms with E-state index < -0.39 is 20.9 Å². The molecule has 1 fully saturated rings. The first-order valence-electron chi connectivity index (χ1n) is 9.14. The third-order valence-electron chi connectivity index (χ3n) is 4.94. The highest BCUT2D eigenvalue weighted by atomic mass is 32.2. The van der Waals surface area contributed by atoms with Crippen molar-refractivity contribution in [1.82, 2.24) is 9.79 Å². The molecule has 1 aliphatic rings. The summed E-state index contributed by atoms with van der Waals surface area (Å²) in [6.45, 7) is 0.613. The van der Waals surface area contributed by atoms with Gasteiger partial charge in [-0.3, -0.25) is 20.1 Å². The molecule has 164 valence electrons. The number of nitroso groups, excluding NO2 is 1. The van der Waals surface area contributed by atoms with Crippen molar-refractivity contribution >= 4 is 33.0 Å². The lowest BCUT2D eigenvalue weighted by atomic mass is 10.1. The van der Waals surface area contributed by atoms with Crippen LogP contribution in [-0.2, 0) is 10.0 Å². The van der Waals surface area contributed by atoms with Gasteiger partial charge >= 0.3 is 0 Å². The highest BCUT2D eigenvalue weighted by Gasteiger charge is 2.31. The Morgan fingerprint density at radius 1 is 1.06 bits per heavy atom. The first-order chi connectivity index (χ1) is 14.6. The molecule has 2 N–H and O–H groups in total. The molecule has 1 heterocycles. The number of nitro benzene ring substituents is 1. The Hall–Kier alpha value is -3.42. The number of non-ortho nitro benzene ring substituents is 1. The molecule has 0 spiro atoms. The molecule has 1 saturated heterocycles. The van der Waals surface area contributed by atoms with Crippen molar-refractivity contribution in [2.45, 2.75) is 4.90 Å². The van der Waals surface area contributed by atoms with Crippen molar-refractivity contribution in [2.24, 2.45) is 0 Å². The number of sulfonamides is 1. The summed E-state index contributed by atoms with van der Waals surface area (Å²) in [7, 11) is -2.67. The standard InChI is InChI=1S/C18H19N5O7S/c1-20(26)13-5-6-17(16(12-13)18(24)19-25)21-7-9-22(10-8-21)31(29,30)15-4-2-3-14(11-15)23(27)28/h2-6,11-12H,7-10H2,1H3,(H-,19,24,25)/p+1. The minimum atomic E-state index is -3.94. The summed E-state index contributed by atoms with van der Waals surface area (Å²) < 4.78 is 27.6. The number of hydrogen-bond acceptors (Lipinski definition) is 8. The minimum absolute atomic E-state index is 0.0673. The van der Waals surface area contributed by atoms with Crippen molar-refractivity contribution in [2.75, 3.05) is 38.1 Å². The van der Waals surface area contributed by atoms with E-state index in [2.05, 4.69) is 0 Å². The maximum absolute atomic E-state index is 12.9. The molecule has 2 aromatic rings.